The average Bonchev–Trinajstić information content (AvgIpc) is 3.45. The molecule has 3 aliphatic rings. The molecule has 1 aromatic carbocycles. The first kappa shape index (κ1) is 18.1. The fraction of sp³-hybridized carbons (Fsp3) is 0.476. The van der Waals surface area contributed by atoms with Gasteiger partial charge in [0.15, 0.2) is 0 Å². The van der Waals surface area contributed by atoms with E-state index in [1.54, 1.807) is 4.57 Å². The van der Waals surface area contributed by atoms with E-state index >= 15 is 4.39 Å². The first-order chi connectivity index (χ1) is 14.0. The second kappa shape index (κ2) is 6.56. The molecular formula is C21H21FN4O3. The molecule has 8 heteroatoms. The van der Waals surface area contributed by atoms with Crippen LogP contribution in [0.2, 0.25) is 0 Å². The third kappa shape index (κ3) is 2.80. The Morgan fingerprint density at radius 3 is 2.76 bits per heavy atom. The summed E-state index contributed by atoms with van der Waals surface area (Å²) in [6.07, 6.45) is 5.15. The molecule has 2 N–H and O–H groups in total. The van der Waals surface area contributed by atoms with Gasteiger partial charge in [0.05, 0.1) is 16.6 Å². The van der Waals surface area contributed by atoms with Crippen LogP contribution < -0.4 is 15.6 Å². The molecule has 0 bridgehead atoms. The number of benzene rings is 1. The van der Waals surface area contributed by atoms with Crippen molar-refractivity contribution in [3.63, 3.8) is 0 Å². The zero-order valence-corrected chi connectivity index (χ0v) is 15.8. The highest BCUT2D eigenvalue weighted by Gasteiger charge is 2.37. The molecule has 2 saturated heterocycles. The van der Waals surface area contributed by atoms with Gasteiger partial charge < -0.3 is 19.9 Å². The number of hydrogen-bond donors (Lipinski definition) is 2. The number of aromatic nitrogens is 1. The Balaban J connectivity index is 1.74. The summed E-state index contributed by atoms with van der Waals surface area (Å²) in [7, 11) is 0. The predicted octanol–water partition coefficient (Wildman–Crippen LogP) is 2.23. The van der Waals surface area contributed by atoms with Crippen LogP contribution in [0.1, 0.15) is 47.6 Å². The Labute approximate surface area is 166 Å². The fourth-order valence-electron chi connectivity index (χ4n) is 4.92. The third-order valence-corrected chi connectivity index (χ3v) is 6.44. The number of pyridine rings is 1. The maximum absolute atomic E-state index is 15.2. The summed E-state index contributed by atoms with van der Waals surface area (Å²) in [5, 5.41) is 22.8. The van der Waals surface area contributed by atoms with Crippen molar-refractivity contribution < 1.29 is 14.3 Å². The number of nitrogens with one attached hydrogen (secondary N) is 1. The number of carboxylic acids is 1. The minimum absolute atomic E-state index is 0.0319. The van der Waals surface area contributed by atoms with E-state index in [0.717, 1.165) is 38.3 Å². The number of fused-ring (bicyclic) bond motifs is 2. The summed E-state index contributed by atoms with van der Waals surface area (Å²) in [6.45, 7) is 2.22. The number of halogens is 1. The van der Waals surface area contributed by atoms with Gasteiger partial charge in [0.2, 0.25) is 5.43 Å². The smallest absolute Gasteiger partial charge is 0.341 e. The van der Waals surface area contributed by atoms with E-state index in [9.17, 15) is 20.0 Å². The largest absolute Gasteiger partial charge is 0.477 e. The molecule has 150 valence electrons. The average molecular weight is 396 g/mol. The maximum Gasteiger partial charge on any atom is 0.341 e. The molecule has 7 nitrogen and oxygen atoms in total. The summed E-state index contributed by atoms with van der Waals surface area (Å²) in [5.41, 5.74) is -0.433. The number of carboxylic acid groups (broad SMARTS) is 1. The molecule has 2 aliphatic heterocycles. The highest BCUT2D eigenvalue weighted by atomic mass is 19.1. The van der Waals surface area contributed by atoms with Gasteiger partial charge in [-0.1, -0.05) is 0 Å². The number of anilines is 1. The van der Waals surface area contributed by atoms with Crippen LogP contribution >= 0.6 is 0 Å². The van der Waals surface area contributed by atoms with E-state index in [1.165, 1.54) is 6.20 Å². The molecular weight excluding hydrogens is 375 g/mol. The van der Waals surface area contributed by atoms with Gasteiger partial charge in [0.25, 0.3) is 0 Å². The zero-order valence-electron chi connectivity index (χ0n) is 15.8. The second-order valence-electron chi connectivity index (χ2n) is 8.27. The molecule has 1 unspecified atom stereocenters. The van der Waals surface area contributed by atoms with Crippen molar-refractivity contribution in [1.82, 2.24) is 9.88 Å². The summed E-state index contributed by atoms with van der Waals surface area (Å²) < 4.78 is 16.9. The number of aromatic carboxylic acids is 1. The van der Waals surface area contributed by atoms with Crippen LogP contribution in [0.25, 0.3) is 10.9 Å². The van der Waals surface area contributed by atoms with Crippen LogP contribution in [0.4, 0.5) is 10.1 Å². The molecule has 1 aromatic heterocycles. The van der Waals surface area contributed by atoms with E-state index in [0.29, 0.717) is 24.5 Å². The lowest BCUT2D eigenvalue weighted by atomic mass is 9.94. The van der Waals surface area contributed by atoms with Gasteiger partial charge in [-0.2, -0.15) is 5.26 Å². The number of piperidine rings is 1. The maximum atomic E-state index is 15.2. The molecule has 0 spiro atoms. The van der Waals surface area contributed by atoms with Crippen molar-refractivity contribution in [2.75, 3.05) is 24.5 Å². The van der Waals surface area contributed by atoms with Crippen molar-refractivity contribution in [1.29, 1.82) is 5.26 Å². The second-order valence-corrected chi connectivity index (χ2v) is 8.27. The summed E-state index contributed by atoms with van der Waals surface area (Å²) in [5.74, 6) is -1.58. The van der Waals surface area contributed by atoms with E-state index in [4.69, 9.17) is 0 Å². The number of nitrogens with zero attached hydrogens (tertiary/aromatic N) is 3. The van der Waals surface area contributed by atoms with Crippen LogP contribution in [0, 0.1) is 23.1 Å². The SMILES string of the molecule is N#Cc1c(N2CC3CCCN[C@@H]3C2)c(F)cc2c(=O)c(C(=O)O)cn(C3CC3)c12. The van der Waals surface area contributed by atoms with Crippen molar-refractivity contribution in [2.45, 2.75) is 37.8 Å². The van der Waals surface area contributed by atoms with Gasteiger partial charge >= 0.3 is 5.97 Å². The molecule has 0 amide bonds. The van der Waals surface area contributed by atoms with Gasteiger partial charge in [-0.15, -0.1) is 0 Å². The normalized spacial score (nSPS) is 23.8. The van der Waals surface area contributed by atoms with Gasteiger partial charge in [0.1, 0.15) is 23.0 Å². The highest BCUT2D eigenvalue weighted by molar-refractivity contribution is 5.96. The Morgan fingerprint density at radius 2 is 2.10 bits per heavy atom. The Hall–Kier alpha value is -2.92. The van der Waals surface area contributed by atoms with Crippen molar-refractivity contribution in [3.05, 3.63) is 39.4 Å². The standard InChI is InChI=1S/C21H21FN4O3/c22-16-6-13-18(26(12-3-4-12)9-15(20(13)27)21(28)29)14(7-23)19(16)25-8-11-2-1-5-24-17(11)10-25/h6,9,11-12,17,24H,1-5,8,10H2,(H,28,29)/t11?,17-/m1/s1. The fourth-order valence-corrected chi connectivity index (χ4v) is 4.92. The van der Waals surface area contributed by atoms with Gasteiger partial charge in [-0.05, 0) is 44.2 Å². The van der Waals surface area contributed by atoms with Crippen molar-refractivity contribution >= 4 is 22.6 Å². The number of nitriles is 1. The lowest BCUT2D eigenvalue weighted by molar-refractivity contribution is 0.0695. The van der Waals surface area contributed by atoms with Crippen LogP contribution in [-0.2, 0) is 0 Å². The first-order valence-corrected chi connectivity index (χ1v) is 10.0. The quantitative estimate of drug-likeness (QED) is 0.826. The van der Waals surface area contributed by atoms with Crippen LogP contribution in [0.15, 0.2) is 17.1 Å². The van der Waals surface area contributed by atoms with Crippen LogP contribution in [0.5, 0.6) is 0 Å². The van der Waals surface area contributed by atoms with Crippen LogP contribution in [-0.4, -0.2) is 41.3 Å². The molecule has 2 atom stereocenters. The van der Waals surface area contributed by atoms with E-state index in [-0.39, 0.29) is 28.7 Å². The molecule has 2 aromatic rings. The van der Waals surface area contributed by atoms with Gasteiger partial charge in [-0.25, -0.2) is 9.18 Å². The highest BCUT2D eigenvalue weighted by Crippen LogP contribution is 2.41. The predicted molar refractivity (Wildman–Crippen MR) is 105 cm³/mol. The third-order valence-electron chi connectivity index (χ3n) is 6.44. The summed E-state index contributed by atoms with van der Waals surface area (Å²) >= 11 is 0. The van der Waals surface area contributed by atoms with Gasteiger partial charge in [-0.3, -0.25) is 4.79 Å². The minimum Gasteiger partial charge on any atom is -0.477 e. The number of rotatable bonds is 3. The number of hydrogen-bond acceptors (Lipinski definition) is 5. The molecule has 3 fully saturated rings. The molecule has 1 aliphatic carbocycles. The molecule has 29 heavy (non-hydrogen) atoms. The minimum atomic E-state index is -1.34. The van der Waals surface area contributed by atoms with Crippen molar-refractivity contribution in [2.24, 2.45) is 5.92 Å². The monoisotopic (exact) mass is 396 g/mol. The molecule has 5 rings (SSSR count). The summed E-state index contributed by atoms with van der Waals surface area (Å²) in [6, 6.07) is 3.55. The molecule has 1 saturated carbocycles. The van der Waals surface area contributed by atoms with E-state index in [1.807, 2.05) is 4.90 Å². The lowest BCUT2D eigenvalue weighted by Gasteiger charge is -2.24. The lowest BCUT2D eigenvalue weighted by Crippen LogP contribution is -2.40. The Morgan fingerprint density at radius 1 is 1.31 bits per heavy atom. The zero-order chi connectivity index (χ0) is 20.3. The number of carbonyl (C=O) groups is 1. The van der Waals surface area contributed by atoms with Gasteiger partial charge in [0, 0.05) is 31.4 Å². The molecule has 0 radical (unpaired) electrons. The van der Waals surface area contributed by atoms with E-state index in [2.05, 4.69) is 11.4 Å². The molecule has 3 heterocycles. The van der Waals surface area contributed by atoms with E-state index < -0.39 is 22.8 Å². The Kier molecular flexibility index (Phi) is 4.10. The topological polar surface area (TPSA) is 98.4 Å². The first-order valence-electron chi connectivity index (χ1n) is 10.0. The Bertz CT molecular complexity index is 1120. The summed E-state index contributed by atoms with van der Waals surface area (Å²) in [4.78, 5) is 26.2. The van der Waals surface area contributed by atoms with Crippen molar-refractivity contribution in [3.8, 4) is 6.07 Å². The van der Waals surface area contributed by atoms with Crippen LogP contribution in [0.3, 0.4) is 0 Å².